The van der Waals surface area contributed by atoms with Gasteiger partial charge < -0.3 is 9.15 Å². The third-order valence-corrected chi connectivity index (χ3v) is 3.02. The second-order valence-corrected chi connectivity index (χ2v) is 4.42. The molecule has 6 nitrogen and oxygen atoms in total. The SMILES string of the molecule is COC(=O)c1ccc(CCCN2NCCCC2=O)o1. The summed E-state index contributed by atoms with van der Waals surface area (Å²) in [6, 6.07) is 3.36. The molecule has 2 rings (SSSR count). The van der Waals surface area contributed by atoms with Crippen molar-refractivity contribution in [1.82, 2.24) is 10.4 Å². The Morgan fingerprint density at radius 3 is 3.11 bits per heavy atom. The molecule has 1 saturated heterocycles. The summed E-state index contributed by atoms with van der Waals surface area (Å²) >= 11 is 0. The number of ether oxygens (including phenoxy) is 1. The maximum atomic E-state index is 11.5. The summed E-state index contributed by atoms with van der Waals surface area (Å²) in [5.41, 5.74) is 3.07. The zero-order valence-electron chi connectivity index (χ0n) is 11.0. The van der Waals surface area contributed by atoms with Gasteiger partial charge in [0.1, 0.15) is 5.76 Å². The van der Waals surface area contributed by atoms with Crippen LogP contribution in [0.15, 0.2) is 16.5 Å². The number of nitrogens with zero attached hydrogens (tertiary/aromatic N) is 1. The van der Waals surface area contributed by atoms with Crippen LogP contribution in [-0.2, 0) is 16.0 Å². The Balaban J connectivity index is 1.77. The second-order valence-electron chi connectivity index (χ2n) is 4.42. The quantitative estimate of drug-likeness (QED) is 0.809. The smallest absolute Gasteiger partial charge is 0.373 e. The first-order chi connectivity index (χ1) is 9.20. The van der Waals surface area contributed by atoms with Gasteiger partial charge in [0.05, 0.1) is 7.11 Å². The highest BCUT2D eigenvalue weighted by Crippen LogP contribution is 2.12. The first kappa shape index (κ1) is 13.6. The van der Waals surface area contributed by atoms with Gasteiger partial charge in [-0.2, -0.15) is 0 Å². The number of rotatable bonds is 5. The molecule has 0 unspecified atom stereocenters. The normalized spacial score (nSPS) is 15.6. The van der Waals surface area contributed by atoms with Crippen LogP contribution >= 0.6 is 0 Å². The number of esters is 1. The Kier molecular flexibility index (Phi) is 4.57. The van der Waals surface area contributed by atoms with Crippen LogP contribution < -0.4 is 5.43 Å². The lowest BCUT2D eigenvalue weighted by Gasteiger charge is -2.27. The number of nitrogens with one attached hydrogen (secondary N) is 1. The number of hydrogen-bond donors (Lipinski definition) is 1. The fourth-order valence-electron chi connectivity index (χ4n) is 2.01. The Labute approximate surface area is 111 Å². The predicted octanol–water partition coefficient (Wildman–Crippen LogP) is 1.13. The molecule has 0 aliphatic carbocycles. The van der Waals surface area contributed by atoms with Gasteiger partial charge in [-0.05, 0) is 25.0 Å². The van der Waals surface area contributed by atoms with E-state index in [4.69, 9.17) is 4.42 Å². The molecule has 0 spiro atoms. The van der Waals surface area contributed by atoms with E-state index in [-0.39, 0.29) is 11.7 Å². The van der Waals surface area contributed by atoms with E-state index in [9.17, 15) is 9.59 Å². The fraction of sp³-hybridized carbons (Fsp3) is 0.538. The standard InChI is InChI=1S/C13H18N2O4/c1-18-13(17)11-7-6-10(19-11)4-3-9-15-12(16)5-2-8-14-15/h6-7,14H,2-5,8-9H2,1H3. The number of furan rings is 1. The summed E-state index contributed by atoms with van der Waals surface area (Å²) in [6.07, 6.45) is 2.98. The van der Waals surface area contributed by atoms with Crippen LogP contribution in [0.3, 0.4) is 0 Å². The summed E-state index contributed by atoms with van der Waals surface area (Å²) in [5, 5.41) is 1.66. The van der Waals surface area contributed by atoms with Gasteiger partial charge in [-0.15, -0.1) is 0 Å². The Bertz CT molecular complexity index is 455. The first-order valence-corrected chi connectivity index (χ1v) is 6.41. The van der Waals surface area contributed by atoms with E-state index in [0.717, 1.165) is 25.1 Å². The molecule has 1 aliphatic heterocycles. The molecular weight excluding hydrogens is 248 g/mol. The lowest BCUT2D eigenvalue weighted by Crippen LogP contribution is -2.47. The van der Waals surface area contributed by atoms with Crippen LogP contribution in [0.1, 0.15) is 35.6 Å². The number of hydrazine groups is 1. The van der Waals surface area contributed by atoms with Crippen molar-refractivity contribution in [2.24, 2.45) is 0 Å². The van der Waals surface area contributed by atoms with Gasteiger partial charge in [-0.1, -0.05) is 0 Å². The Morgan fingerprint density at radius 2 is 2.37 bits per heavy atom. The van der Waals surface area contributed by atoms with E-state index in [1.54, 1.807) is 17.1 Å². The summed E-state index contributed by atoms with van der Waals surface area (Å²) in [7, 11) is 1.32. The molecule has 1 amide bonds. The van der Waals surface area contributed by atoms with Gasteiger partial charge >= 0.3 is 5.97 Å². The minimum Gasteiger partial charge on any atom is -0.463 e. The van der Waals surface area contributed by atoms with Crippen molar-refractivity contribution in [2.45, 2.75) is 25.7 Å². The molecule has 19 heavy (non-hydrogen) atoms. The van der Waals surface area contributed by atoms with Gasteiger partial charge in [0.25, 0.3) is 0 Å². The van der Waals surface area contributed by atoms with E-state index in [2.05, 4.69) is 10.2 Å². The van der Waals surface area contributed by atoms with Crippen LogP contribution in [0.4, 0.5) is 0 Å². The predicted molar refractivity (Wildman–Crippen MR) is 67.3 cm³/mol. The van der Waals surface area contributed by atoms with E-state index >= 15 is 0 Å². The topological polar surface area (TPSA) is 71.8 Å². The molecule has 1 N–H and O–H groups in total. The molecule has 0 bridgehead atoms. The highest BCUT2D eigenvalue weighted by Gasteiger charge is 2.17. The summed E-state index contributed by atoms with van der Waals surface area (Å²) in [4.78, 5) is 22.8. The molecule has 1 fully saturated rings. The molecule has 1 aliphatic rings. The third-order valence-electron chi connectivity index (χ3n) is 3.02. The van der Waals surface area contributed by atoms with Gasteiger partial charge in [0.15, 0.2) is 0 Å². The number of methoxy groups -OCH3 is 1. The first-order valence-electron chi connectivity index (χ1n) is 6.41. The van der Waals surface area contributed by atoms with Crippen molar-refractivity contribution in [1.29, 1.82) is 0 Å². The number of amides is 1. The number of carbonyl (C=O) groups is 2. The maximum absolute atomic E-state index is 11.5. The molecule has 6 heteroatoms. The largest absolute Gasteiger partial charge is 0.463 e. The van der Waals surface area contributed by atoms with Crippen LogP contribution in [0.5, 0.6) is 0 Å². The fourth-order valence-corrected chi connectivity index (χ4v) is 2.01. The number of aryl methyl sites for hydroxylation is 1. The van der Waals surface area contributed by atoms with Crippen LogP contribution in [0.25, 0.3) is 0 Å². The van der Waals surface area contributed by atoms with Gasteiger partial charge in [0.2, 0.25) is 11.7 Å². The van der Waals surface area contributed by atoms with E-state index < -0.39 is 5.97 Å². The zero-order chi connectivity index (χ0) is 13.7. The molecule has 0 aromatic carbocycles. The monoisotopic (exact) mass is 266 g/mol. The van der Waals surface area contributed by atoms with Crippen LogP contribution in [0.2, 0.25) is 0 Å². The zero-order valence-corrected chi connectivity index (χ0v) is 11.0. The van der Waals surface area contributed by atoms with Crippen molar-refractivity contribution in [3.8, 4) is 0 Å². The average Bonchev–Trinajstić information content (AvgIpc) is 2.89. The Hall–Kier alpha value is -1.82. The summed E-state index contributed by atoms with van der Waals surface area (Å²) in [6.45, 7) is 1.49. The minimum absolute atomic E-state index is 0.140. The van der Waals surface area contributed by atoms with Crippen molar-refractivity contribution >= 4 is 11.9 Å². The number of carbonyl (C=O) groups excluding carboxylic acids is 2. The average molecular weight is 266 g/mol. The highest BCUT2D eigenvalue weighted by molar-refractivity contribution is 5.86. The second kappa shape index (κ2) is 6.38. The molecule has 1 aromatic rings. The Morgan fingerprint density at radius 1 is 1.53 bits per heavy atom. The van der Waals surface area contributed by atoms with Gasteiger partial charge in [-0.25, -0.2) is 10.2 Å². The number of hydrogen-bond acceptors (Lipinski definition) is 5. The highest BCUT2D eigenvalue weighted by atomic mass is 16.5. The minimum atomic E-state index is -0.473. The van der Waals surface area contributed by atoms with Gasteiger partial charge in [-0.3, -0.25) is 9.80 Å². The molecule has 0 radical (unpaired) electrons. The molecular formula is C13H18N2O4. The van der Waals surface area contributed by atoms with E-state index in [1.165, 1.54) is 7.11 Å². The van der Waals surface area contributed by atoms with E-state index in [1.807, 2.05) is 0 Å². The van der Waals surface area contributed by atoms with E-state index in [0.29, 0.717) is 19.4 Å². The van der Waals surface area contributed by atoms with Crippen molar-refractivity contribution in [3.63, 3.8) is 0 Å². The molecule has 104 valence electrons. The summed E-state index contributed by atoms with van der Waals surface area (Å²) in [5.74, 6) is 0.606. The third kappa shape index (κ3) is 3.57. The van der Waals surface area contributed by atoms with Gasteiger partial charge in [0, 0.05) is 25.9 Å². The molecule has 2 heterocycles. The van der Waals surface area contributed by atoms with Crippen LogP contribution in [-0.4, -0.2) is 37.1 Å². The van der Waals surface area contributed by atoms with Crippen molar-refractivity contribution in [2.75, 3.05) is 20.2 Å². The maximum Gasteiger partial charge on any atom is 0.373 e. The van der Waals surface area contributed by atoms with Crippen molar-refractivity contribution < 1.29 is 18.7 Å². The lowest BCUT2D eigenvalue weighted by molar-refractivity contribution is -0.136. The lowest BCUT2D eigenvalue weighted by atomic mass is 10.2. The molecule has 0 atom stereocenters. The molecule has 1 aromatic heterocycles. The molecule has 0 saturated carbocycles. The van der Waals surface area contributed by atoms with Crippen molar-refractivity contribution in [3.05, 3.63) is 23.7 Å². The van der Waals surface area contributed by atoms with Crippen LogP contribution in [0, 0.1) is 0 Å². The summed E-state index contributed by atoms with van der Waals surface area (Å²) < 4.78 is 9.92.